The summed E-state index contributed by atoms with van der Waals surface area (Å²) in [6, 6.07) is 8.35. The molecule has 3 rings (SSSR count). The average Bonchev–Trinajstić information content (AvgIpc) is 2.71. The zero-order valence-corrected chi connectivity index (χ0v) is 14.3. The first-order valence-corrected chi connectivity index (χ1v) is 8.15. The van der Waals surface area contributed by atoms with Gasteiger partial charge in [-0.1, -0.05) is 0 Å². The number of hydrogen-bond acceptors (Lipinski definition) is 1. The van der Waals surface area contributed by atoms with Gasteiger partial charge in [0.2, 0.25) is 0 Å². The second-order valence-corrected chi connectivity index (χ2v) is 6.87. The summed E-state index contributed by atoms with van der Waals surface area (Å²) in [5.41, 5.74) is 4.34. The minimum absolute atomic E-state index is 0.285. The lowest BCUT2D eigenvalue weighted by Crippen LogP contribution is -2.12. The van der Waals surface area contributed by atoms with Gasteiger partial charge >= 0.3 is 0 Å². The molecule has 1 aromatic heterocycles. The van der Waals surface area contributed by atoms with Gasteiger partial charge in [0.15, 0.2) is 5.78 Å². The summed E-state index contributed by atoms with van der Waals surface area (Å²) >= 11 is 5.88. The number of carbonyl (C=O) groups is 1. The van der Waals surface area contributed by atoms with Crippen LogP contribution in [0.15, 0.2) is 28.7 Å². The van der Waals surface area contributed by atoms with Crippen LogP contribution in [0.1, 0.15) is 34.6 Å². The molecule has 0 amide bonds. The van der Waals surface area contributed by atoms with E-state index in [1.54, 1.807) is 0 Å². The van der Waals surface area contributed by atoms with Crippen molar-refractivity contribution in [3.8, 4) is 5.69 Å². The fourth-order valence-corrected chi connectivity index (χ4v) is 3.41. The summed E-state index contributed by atoms with van der Waals surface area (Å²) in [6.45, 7) is 2.07. The summed E-state index contributed by atoms with van der Waals surface area (Å²) in [5.74, 6) is 0.285. The number of carbonyl (C=O) groups excluding carboxylic acids is 1. The number of nitrogens with zero attached hydrogens (tertiary/aromatic N) is 1. The molecule has 98 valence electrons. The molecule has 0 saturated heterocycles. The molecule has 0 bridgehead atoms. The van der Waals surface area contributed by atoms with Gasteiger partial charge in [0, 0.05) is 37.1 Å². The van der Waals surface area contributed by atoms with Gasteiger partial charge in [-0.25, -0.2) is 0 Å². The Labute approximate surface area is 134 Å². The van der Waals surface area contributed by atoms with Gasteiger partial charge < -0.3 is 4.57 Å². The largest absolute Gasteiger partial charge is 0.317 e. The number of ketones is 1. The predicted octanol–water partition coefficient (Wildman–Crippen LogP) is 4.67. The molecule has 1 aliphatic carbocycles. The Morgan fingerprint density at radius 2 is 2.05 bits per heavy atom. The van der Waals surface area contributed by atoms with Crippen molar-refractivity contribution < 1.29 is 4.79 Å². The van der Waals surface area contributed by atoms with Gasteiger partial charge in [-0.3, -0.25) is 4.79 Å². The van der Waals surface area contributed by atoms with E-state index in [-0.39, 0.29) is 5.78 Å². The molecule has 2 nitrogen and oxygen atoms in total. The summed E-state index contributed by atoms with van der Waals surface area (Å²) in [5, 5.41) is 0. The van der Waals surface area contributed by atoms with Crippen molar-refractivity contribution in [1.82, 2.24) is 4.57 Å². The first-order valence-electron chi connectivity index (χ1n) is 6.28. The van der Waals surface area contributed by atoms with Crippen LogP contribution in [0, 0.1) is 10.5 Å². The molecule has 4 heteroatoms. The molecule has 0 N–H and O–H groups in total. The van der Waals surface area contributed by atoms with Crippen LogP contribution >= 0.6 is 38.5 Å². The summed E-state index contributed by atoms with van der Waals surface area (Å²) in [7, 11) is 0. The van der Waals surface area contributed by atoms with Crippen molar-refractivity contribution in [2.75, 3.05) is 0 Å². The normalized spacial score (nSPS) is 14.6. The van der Waals surface area contributed by atoms with Crippen LogP contribution in [-0.4, -0.2) is 10.4 Å². The van der Waals surface area contributed by atoms with Gasteiger partial charge in [-0.05, 0) is 82.6 Å². The molecule has 0 spiro atoms. The van der Waals surface area contributed by atoms with Crippen LogP contribution in [0.5, 0.6) is 0 Å². The van der Waals surface area contributed by atoms with E-state index in [9.17, 15) is 4.79 Å². The lowest BCUT2D eigenvalue weighted by Gasteiger charge is -2.16. The standard InChI is InChI=1S/C15H13BrINO/c1-9-7-11-14(3-2-4-15(11)19)18(9)10-5-6-13(17)12(16)8-10/h5-8H,2-4H2,1H3. The molecule has 1 heterocycles. The Hall–Kier alpha value is -0.620. The highest BCUT2D eigenvalue weighted by Crippen LogP contribution is 2.30. The number of halogens is 2. The van der Waals surface area contributed by atoms with E-state index in [1.807, 2.05) is 6.07 Å². The van der Waals surface area contributed by atoms with Crippen molar-refractivity contribution in [3.63, 3.8) is 0 Å². The van der Waals surface area contributed by atoms with Gasteiger partial charge in [-0.2, -0.15) is 0 Å². The highest BCUT2D eigenvalue weighted by atomic mass is 127. The Morgan fingerprint density at radius 1 is 1.26 bits per heavy atom. The molecule has 0 aliphatic heterocycles. The van der Waals surface area contributed by atoms with E-state index in [4.69, 9.17) is 0 Å². The zero-order chi connectivity index (χ0) is 13.6. The van der Waals surface area contributed by atoms with E-state index in [0.29, 0.717) is 6.42 Å². The Kier molecular flexibility index (Phi) is 3.55. The molecule has 1 aliphatic rings. The number of aryl methyl sites for hydroxylation is 1. The maximum absolute atomic E-state index is 12.0. The highest BCUT2D eigenvalue weighted by molar-refractivity contribution is 14.1. The lowest BCUT2D eigenvalue weighted by molar-refractivity contribution is 0.0972. The molecule has 0 atom stereocenters. The van der Waals surface area contributed by atoms with Crippen LogP contribution in [-0.2, 0) is 6.42 Å². The Balaban J connectivity index is 2.20. The zero-order valence-electron chi connectivity index (χ0n) is 10.5. The molecule has 0 radical (unpaired) electrons. The first kappa shape index (κ1) is 13.4. The summed E-state index contributed by atoms with van der Waals surface area (Å²) in [4.78, 5) is 12.0. The molecule has 0 fully saturated rings. The van der Waals surface area contributed by atoms with Gasteiger partial charge in [0.05, 0.1) is 0 Å². The molecule has 0 unspecified atom stereocenters. The fourth-order valence-electron chi connectivity index (χ4n) is 2.71. The van der Waals surface area contributed by atoms with E-state index >= 15 is 0 Å². The number of benzene rings is 1. The lowest BCUT2D eigenvalue weighted by atomic mass is 9.96. The molecule has 19 heavy (non-hydrogen) atoms. The first-order chi connectivity index (χ1) is 9.08. The Bertz CT molecular complexity index is 675. The third-order valence-electron chi connectivity index (χ3n) is 3.57. The number of rotatable bonds is 1. The second kappa shape index (κ2) is 5.05. The molecule has 0 saturated carbocycles. The minimum atomic E-state index is 0.285. The maximum atomic E-state index is 12.0. The van der Waals surface area contributed by atoms with E-state index < -0.39 is 0 Å². The predicted molar refractivity (Wildman–Crippen MR) is 88.2 cm³/mol. The van der Waals surface area contributed by atoms with Crippen LogP contribution in [0.25, 0.3) is 5.69 Å². The van der Waals surface area contributed by atoms with Crippen LogP contribution in [0.3, 0.4) is 0 Å². The number of fused-ring (bicyclic) bond motifs is 1. The quantitative estimate of drug-likeness (QED) is 0.603. The summed E-state index contributed by atoms with van der Waals surface area (Å²) in [6.07, 6.45) is 2.63. The maximum Gasteiger partial charge on any atom is 0.164 e. The van der Waals surface area contributed by atoms with Crippen LogP contribution < -0.4 is 0 Å². The topological polar surface area (TPSA) is 22.0 Å². The van der Waals surface area contributed by atoms with Crippen molar-refractivity contribution in [2.24, 2.45) is 0 Å². The van der Waals surface area contributed by atoms with Gasteiger partial charge in [0.1, 0.15) is 0 Å². The smallest absolute Gasteiger partial charge is 0.164 e. The second-order valence-electron chi connectivity index (χ2n) is 4.86. The van der Waals surface area contributed by atoms with Crippen molar-refractivity contribution in [2.45, 2.75) is 26.2 Å². The average molecular weight is 430 g/mol. The monoisotopic (exact) mass is 429 g/mol. The van der Waals surface area contributed by atoms with Crippen molar-refractivity contribution in [3.05, 3.63) is 49.3 Å². The number of aromatic nitrogens is 1. The highest BCUT2D eigenvalue weighted by Gasteiger charge is 2.23. The third-order valence-corrected chi connectivity index (χ3v) is 5.90. The van der Waals surface area contributed by atoms with Crippen LogP contribution in [0.4, 0.5) is 0 Å². The number of Topliss-reactive ketones (excluding diaryl/α,β-unsaturated/α-hetero) is 1. The van der Waals surface area contributed by atoms with E-state index in [0.717, 1.165) is 34.3 Å². The van der Waals surface area contributed by atoms with Gasteiger partial charge in [0.25, 0.3) is 0 Å². The third kappa shape index (κ3) is 2.29. The number of hydrogen-bond donors (Lipinski definition) is 0. The minimum Gasteiger partial charge on any atom is -0.317 e. The fraction of sp³-hybridized carbons (Fsp3) is 0.267. The molecular weight excluding hydrogens is 417 g/mol. The van der Waals surface area contributed by atoms with E-state index in [1.165, 1.54) is 9.26 Å². The van der Waals surface area contributed by atoms with Crippen LogP contribution in [0.2, 0.25) is 0 Å². The SMILES string of the molecule is Cc1cc2c(n1-c1ccc(I)c(Br)c1)CCCC2=O. The molecular formula is C15H13BrINO. The Morgan fingerprint density at radius 3 is 2.79 bits per heavy atom. The van der Waals surface area contributed by atoms with E-state index in [2.05, 4.69) is 68.2 Å². The molecule has 2 aromatic rings. The van der Waals surface area contributed by atoms with Crippen molar-refractivity contribution in [1.29, 1.82) is 0 Å². The molecule has 1 aromatic carbocycles. The van der Waals surface area contributed by atoms with Gasteiger partial charge in [-0.15, -0.1) is 0 Å². The summed E-state index contributed by atoms with van der Waals surface area (Å²) < 4.78 is 4.50. The van der Waals surface area contributed by atoms with Crippen molar-refractivity contribution >= 4 is 44.3 Å².